The Morgan fingerprint density at radius 1 is 1.09 bits per heavy atom. The standard InChI is InChI=1S/C23H28ClN3O6S/c1-2-7-25-34(29,30)18-4-6-20(19(24)13-18)31-15-23(28)27-10-8-26(9-11-27)14-17-3-5-21-22(12-17)33-16-32-21/h3-6,12-13,25H,2,7-11,14-16H2,1H3. The first-order valence-electron chi connectivity index (χ1n) is 11.2. The smallest absolute Gasteiger partial charge is 0.260 e. The van der Waals surface area contributed by atoms with E-state index in [0.717, 1.165) is 36.7 Å². The first kappa shape index (κ1) is 24.6. The first-order valence-corrected chi connectivity index (χ1v) is 13.0. The SMILES string of the molecule is CCCNS(=O)(=O)c1ccc(OCC(=O)N2CCN(Cc3ccc4c(c3)OCO4)CC2)c(Cl)c1. The molecule has 2 aliphatic rings. The van der Waals surface area contributed by atoms with Crippen molar-refractivity contribution in [3.8, 4) is 17.2 Å². The van der Waals surface area contributed by atoms with Crippen LogP contribution >= 0.6 is 11.6 Å². The molecule has 0 aliphatic carbocycles. The highest BCUT2D eigenvalue weighted by molar-refractivity contribution is 7.89. The molecule has 1 saturated heterocycles. The highest BCUT2D eigenvalue weighted by Crippen LogP contribution is 2.33. The van der Waals surface area contributed by atoms with E-state index in [9.17, 15) is 13.2 Å². The van der Waals surface area contributed by atoms with Gasteiger partial charge >= 0.3 is 0 Å². The molecular weight excluding hydrogens is 482 g/mol. The number of nitrogens with one attached hydrogen (secondary N) is 1. The zero-order valence-electron chi connectivity index (χ0n) is 19.0. The number of sulfonamides is 1. The van der Waals surface area contributed by atoms with Crippen LogP contribution in [0.15, 0.2) is 41.3 Å². The van der Waals surface area contributed by atoms with Crippen molar-refractivity contribution in [1.29, 1.82) is 0 Å². The third kappa shape index (κ3) is 5.93. The molecule has 2 heterocycles. The van der Waals surface area contributed by atoms with E-state index in [1.54, 1.807) is 4.90 Å². The van der Waals surface area contributed by atoms with Crippen LogP contribution in [0.1, 0.15) is 18.9 Å². The lowest BCUT2D eigenvalue weighted by Crippen LogP contribution is -2.49. The zero-order valence-corrected chi connectivity index (χ0v) is 20.5. The van der Waals surface area contributed by atoms with Crippen molar-refractivity contribution >= 4 is 27.5 Å². The number of benzene rings is 2. The Morgan fingerprint density at radius 2 is 1.85 bits per heavy atom. The predicted molar refractivity (Wildman–Crippen MR) is 127 cm³/mol. The molecular formula is C23H28ClN3O6S. The van der Waals surface area contributed by atoms with Crippen LogP contribution in [-0.4, -0.2) is 70.2 Å². The van der Waals surface area contributed by atoms with E-state index in [-0.39, 0.29) is 35.0 Å². The number of carbonyl (C=O) groups excluding carboxylic acids is 1. The Hall–Kier alpha value is -2.53. The molecule has 4 rings (SSSR count). The fourth-order valence-electron chi connectivity index (χ4n) is 3.77. The number of carbonyl (C=O) groups is 1. The maximum atomic E-state index is 12.6. The third-order valence-electron chi connectivity index (χ3n) is 5.68. The Balaban J connectivity index is 1.25. The van der Waals surface area contributed by atoms with Crippen LogP contribution in [0.3, 0.4) is 0 Å². The summed E-state index contributed by atoms with van der Waals surface area (Å²) in [5, 5.41) is 0.140. The molecule has 0 atom stereocenters. The van der Waals surface area contributed by atoms with Gasteiger partial charge in [-0.2, -0.15) is 0 Å². The average Bonchev–Trinajstić information content (AvgIpc) is 3.30. The van der Waals surface area contributed by atoms with E-state index in [1.165, 1.54) is 18.2 Å². The maximum Gasteiger partial charge on any atom is 0.260 e. The molecule has 9 nitrogen and oxygen atoms in total. The number of halogens is 1. The Labute approximate surface area is 204 Å². The number of hydrogen-bond donors (Lipinski definition) is 1. The molecule has 184 valence electrons. The van der Waals surface area contributed by atoms with E-state index < -0.39 is 10.0 Å². The summed E-state index contributed by atoms with van der Waals surface area (Å²) < 4.78 is 43.3. The predicted octanol–water partition coefficient (Wildman–Crippen LogP) is 2.48. The Bertz CT molecular complexity index is 1140. The Morgan fingerprint density at radius 3 is 2.59 bits per heavy atom. The second-order valence-electron chi connectivity index (χ2n) is 8.12. The van der Waals surface area contributed by atoms with Gasteiger partial charge in [-0.25, -0.2) is 13.1 Å². The number of rotatable bonds is 9. The Kier molecular flexibility index (Phi) is 7.82. The second kappa shape index (κ2) is 10.8. The lowest BCUT2D eigenvalue weighted by molar-refractivity contribution is -0.135. The molecule has 1 fully saturated rings. The van der Waals surface area contributed by atoms with Crippen molar-refractivity contribution in [2.75, 3.05) is 46.1 Å². The summed E-state index contributed by atoms with van der Waals surface area (Å²) in [6, 6.07) is 10.2. The normalized spacial score (nSPS) is 16.0. The molecule has 0 spiro atoms. The van der Waals surface area contributed by atoms with Crippen LogP contribution in [-0.2, 0) is 21.4 Å². The topological polar surface area (TPSA) is 97.4 Å². The van der Waals surface area contributed by atoms with Crippen molar-refractivity contribution in [2.45, 2.75) is 24.8 Å². The number of fused-ring (bicyclic) bond motifs is 1. The van der Waals surface area contributed by atoms with Crippen molar-refractivity contribution in [2.24, 2.45) is 0 Å². The van der Waals surface area contributed by atoms with Crippen molar-refractivity contribution in [3.63, 3.8) is 0 Å². The fraction of sp³-hybridized carbons (Fsp3) is 0.435. The molecule has 0 bridgehead atoms. The van der Waals surface area contributed by atoms with E-state index in [0.29, 0.717) is 26.1 Å². The fourth-order valence-corrected chi connectivity index (χ4v) is 5.23. The molecule has 2 aromatic rings. The summed E-state index contributed by atoms with van der Waals surface area (Å²) in [4.78, 5) is 16.7. The number of nitrogens with zero attached hydrogens (tertiary/aromatic N) is 2. The minimum absolute atomic E-state index is 0.0585. The molecule has 0 aromatic heterocycles. The summed E-state index contributed by atoms with van der Waals surface area (Å²) in [5.74, 6) is 1.67. The van der Waals surface area contributed by atoms with Gasteiger partial charge in [0.25, 0.3) is 5.91 Å². The van der Waals surface area contributed by atoms with Gasteiger partial charge in [0.05, 0.1) is 9.92 Å². The van der Waals surface area contributed by atoms with Gasteiger partial charge < -0.3 is 19.1 Å². The molecule has 0 saturated carbocycles. The maximum absolute atomic E-state index is 12.6. The summed E-state index contributed by atoms with van der Waals surface area (Å²) in [6.07, 6.45) is 0.683. The summed E-state index contributed by atoms with van der Waals surface area (Å²) in [5.41, 5.74) is 1.14. The van der Waals surface area contributed by atoms with Crippen LogP contribution < -0.4 is 18.9 Å². The lowest BCUT2D eigenvalue weighted by Gasteiger charge is -2.34. The van der Waals surface area contributed by atoms with Crippen LogP contribution in [0.4, 0.5) is 0 Å². The number of piperazine rings is 1. The van der Waals surface area contributed by atoms with E-state index in [4.69, 9.17) is 25.8 Å². The van der Waals surface area contributed by atoms with Gasteiger partial charge in [-0.15, -0.1) is 0 Å². The van der Waals surface area contributed by atoms with E-state index in [2.05, 4.69) is 9.62 Å². The van der Waals surface area contributed by atoms with Crippen molar-refractivity contribution in [1.82, 2.24) is 14.5 Å². The molecule has 1 N–H and O–H groups in total. The molecule has 1 amide bonds. The summed E-state index contributed by atoms with van der Waals surface area (Å²) in [7, 11) is -3.62. The van der Waals surface area contributed by atoms with Crippen LogP contribution in [0.25, 0.3) is 0 Å². The third-order valence-corrected chi connectivity index (χ3v) is 7.43. The van der Waals surface area contributed by atoms with Crippen molar-refractivity contribution in [3.05, 3.63) is 47.0 Å². The molecule has 11 heteroatoms. The van der Waals surface area contributed by atoms with Crippen LogP contribution in [0.5, 0.6) is 17.2 Å². The van der Waals surface area contributed by atoms with Crippen LogP contribution in [0, 0.1) is 0 Å². The molecule has 2 aromatic carbocycles. The first-order chi connectivity index (χ1) is 16.4. The van der Waals surface area contributed by atoms with Gasteiger partial charge in [0.2, 0.25) is 16.8 Å². The molecule has 0 radical (unpaired) electrons. The largest absolute Gasteiger partial charge is 0.482 e. The number of amides is 1. The second-order valence-corrected chi connectivity index (χ2v) is 10.3. The molecule has 2 aliphatic heterocycles. The summed E-state index contributed by atoms with van der Waals surface area (Å²) >= 11 is 6.20. The van der Waals surface area contributed by atoms with Gasteiger partial charge in [0.1, 0.15) is 5.75 Å². The van der Waals surface area contributed by atoms with Gasteiger partial charge in [-0.1, -0.05) is 24.6 Å². The van der Waals surface area contributed by atoms with Gasteiger partial charge in [-0.05, 0) is 42.3 Å². The minimum Gasteiger partial charge on any atom is -0.482 e. The lowest BCUT2D eigenvalue weighted by atomic mass is 10.1. The van der Waals surface area contributed by atoms with Gasteiger partial charge in [0, 0.05) is 39.3 Å². The summed E-state index contributed by atoms with van der Waals surface area (Å²) in [6.45, 7) is 5.78. The highest BCUT2D eigenvalue weighted by atomic mass is 35.5. The zero-order chi connectivity index (χ0) is 24.1. The average molecular weight is 510 g/mol. The van der Waals surface area contributed by atoms with E-state index >= 15 is 0 Å². The molecule has 34 heavy (non-hydrogen) atoms. The molecule has 0 unspecified atom stereocenters. The van der Waals surface area contributed by atoms with Gasteiger partial charge in [0.15, 0.2) is 18.1 Å². The minimum atomic E-state index is -3.62. The number of hydrogen-bond acceptors (Lipinski definition) is 7. The quantitative estimate of drug-likeness (QED) is 0.554. The van der Waals surface area contributed by atoms with Gasteiger partial charge in [-0.3, -0.25) is 9.69 Å². The van der Waals surface area contributed by atoms with E-state index in [1.807, 2.05) is 25.1 Å². The number of ether oxygens (including phenoxy) is 3. The monoisotopic (exact) mass is 509 g/mol. The van der Waals surface area contributed by atoms with Crippen molar-refractivity contribution < 1.29 is 27.4 Å². The van der Waals surface area contributed by atoms with Crippen LogP contribution in [0.2, 0.25) is 5.02 Å². The highest BCUT2D eigenvalue weighted by Gasteiger charge is 2.23.